The van der Waals surface area contributed by atoms with Crippen LogP contribution in [0.25, 0.3) is 0 Å². The fraction of sp³-hybridized carbons (Fsp3) is 0.435. The highest BCUT2D eigenvalue weighted by Crippen LogP contribution is 2.32. The summed E-state index contributed by atoms with van der Waals surface area (Å²) in [6.45, 7) is 4.77. The number of carbonyl (C=O) groups excluding carboxylic acids is 1. The van der Waals surface area contributed by atoms with Crippen LogP contribution in [0.2, 0.25) is 0 Å². The number of β-amino-alcohol motifs (C(OH)–C–C–N with tert-alkyl or cyclic N) is 1. The van der Waals surface area contributed by atoms with Crippen LogP contribution in [0.4, 0.5) is 0 Å². The van der Waals surface area contributed by atoms with Gasteiger partial charge in [0.05, 0.1) is 13.2 Å². The van der Waals surface area contributed by atoms with E-state index in [-0.39, 0.29) is 12.5 Å². The number of benzene rings is 2. The summed E-state index contributed by atoms with van der Waals surface area (Å²) in [4.78, 5) is 16.2. The number of amides is 1. The molecule has 6 nitrogen and oxygen atoms in total. The molecule has 0 aliphatic carbocycles. The molecule has 0 unspecified atom stereocenters. The minimum Gasteiger partial charge on any atom is -0.484 e. The molecule has 1 N–H and O–H groups in total. The first-order valence-corrected chi connectivity index (χ1v) is 10.2. The van der Waals surface area contributed by atoms with Gasteiger partial charge >= 0.3 is 0 Å². The molecule has 0 aromatic heterocycles. The molecular formula is C23H28N2O4. The van der Waals surface area contributed by atoms with Gasteiger partial charge in [0.25, 0.3) is 5.91 Å². The fourth-order valence-corrected chi connectivity index (χ4v) is 3.99. The Bertz CT molecular complexity index is 805. The maximum Gasteiger partial charge on any atom is 0.260 e. The number of likely N-dealkylation sites (tertiary alicyclic amines) is 1. The molecule has 2 aromatic carbocycles. The molecule has 29 heavy (non-hydrogen) atoms. The summed E-state index contributed by atoms with van der Waals surface area (Å²) >= 11 is 0. The minimum absolute atomic E-state index is 0.00496. The summed E-state index contributed by atoms with van der Waals surface area (Å²) in [6.07, 6.45) is 0.738. The SMILES string of the molecule is O=C(COc1ccc(CN2CC[C@@](O)(c3ccccc3)C2)cc1)N1CCOCC1. The molecule has 0 saturated carbocycles. The van der Waals surface area contributed by atoms with Crippen LogP contribution < -0.4 is 4.74 Å². The molecule has 2 heterocycles. The Kier molecular flexibility index (Phi) is 6.13. The van der Waals surface area contributed by atoms with Gasteiger partial charge in [-0.1, -0.05) is 42.5 Å². The van der Waals surface area contributed by atoms with Gasteiger partial charge in [0, 0.05) is 32.7 Å². The van der Waals surface area contributed by atoms with E-state index in [9.17, 15) is 9.90 Å². The second-order valence-corrected chi connectivity index (χ2v) is 7.78. The van der Waals surface area contributed by atoms with Crippen molar-refractivity contribution in [3.63, 3.8) is 0 Å². The van der Waals surface area contributed by atoms with Gasteiger partial charge in [0.2, 0.25) is 0 Å². The van der Waals surface area contributed by atoms with Crippen LogP contribution in [0, 0.1) is 0 Å². The second kappa shape index (κ2) is 8.95. The predicted octanol–water partition coefficient (Wildman–Crippen LogP) is 2.02. The lowest BCUT2D eigenvalue weighted by molar-refractivity contribution is -0.137. The minimum atomic E-state index is -0.774. The maximum absolute atomic E-state index is 12.2. The summed E-state index contributed by atoms with van der Waals surface area (Å²) in [6, 6.07) is 17.8. The number of ether oxygens (including phenoxy) is 2. The maximum atomic E-state index is 12.2. The molecule has 2 aliphatic rings. The highest BCUT2D eigenvalue weighted by molar-refractivity contribution is 5.77. The van der Waals surface area contributed by atoms with Crippen molar-refractivity contribution in [2.75, 3.05) is 46.0 Å². The van der Waals surface area contributed by atoms with Gasteiger partial charge in [0.1, 0.15) is 11.4 Å². The number of morpholine rings is 1. The normalized spacial score (nSPS) is 22.6. The highest BCUT2D eigenvalue weighted by atomic mass is 16.5. The molecule has 0 spiro atoms. The van der Waals surface area contributed by atoms with Gasteiger partial charge in [0.15, 0.2) is 6.61 Å². The highest BCUT2D eigenvalue weighted by Gasteiger charge is 2.37. The predicted molar refractivity (Wildman–Crippen MR) is 110 cm³/mol. The largest absolute Gasteiger partial charge is 0.484 e. The Morgan fingerprint density at radius 1 is 1.03 bits per heavy atom. The van der Waals surface area contributed by atoms with Crippen molar-refractivity contribution >= 4 is 5.91 Å². The molecule has 2 saturated heterocycles. The Balaban J connectivity index is 1.27. The number of aliphatic hydroxyl groups is 1. The molecule has 154 valence electrons. The van der Waals surface area contributed by atoms with Crippen LogP contribution in [0.5, 0.6) is 5.75 Å². The standard InChI is InChI=1S/C23H28N2O4/c26-22(25-12-14-28-15-13-25)17-29-21-8-6-19(7-9-21)16-24-11-10-23(27,18-24)20-4-2-1-3-5-20/h1-9,27H,10-18H2/t23-/m0/s1. The van der Waals surface area contributed by atoms with Crippen LogP contribution in [0.15, 0.2) is 54.6 Å². The van der Waals surface area contributed by atoms with E-state index in [0.29, 0.717) is 38.6 Å². The number of hydrogen-bond acceptors (Lipinski definition) is 5. The third-order valence-corrected chi connectivity index (χ3v) is 5.69. The second-order valence-electron chi connectivity index (χ2n) is 7.78. The number of nitrogens with zero attached hydrogens (tertiary/aromatic N) is 2. The van der Waals surface area contributed by atoms with Gasteiger partial charge in [-0.3, -0.25) is 9.69 Å². The number of rotatable bonds is 6. The van der Waals surface area contributed by atoms with Crippen LogP contribution in [-0.2, 0) is 21.7 Å². The molecule has 2 aliphatic heterocycles. The molecule has 4 rings (SSSR count). The molecule has 1 atom stereocenters. The van der Waals surface area contributed by atoms with Crippen LogP contribution in [0.1, 0.15) is 17.5 Å². The van der Waals surface area contributed by atoms with E-state index >= 15 is 0 Å². The topological polar surface area (TPSA) is 62.2 Å². The van der Waals surface area contributed by atoms with E-state index < -0.39 is 5.60 Å². The average molecular weight is 396 g/mol. The first-order chi connectivity index (χ1) is 14.1. The summed E-state index contributed by atoms with van der Waals surface area (Å²) in [7, 11) is 0. The molecule has 1 amide bonds. The quantitative estimate of drug-likeness (QED) is 0.810. The van der Waals surface area contributed by atoms with Crippen LogP contribution in [0.3, 0.4) is 0 Å². The number of carbonyl (C=O) groups is 1. The molecular weight excluding hydrogens is 368 g/mol. The van der Waals surface area contributed by atoms with E-state index in [1.54, 1.807) is 4.90 Å². The van der Waals surface area contributed by atoms with Gasteiger partial charge in [-0.15, -0.1) is 0 Å². The van der Waals surface area contributed by atoms with Crippen molar-refractivity contribution in [1.29, 1.82) is 0 Å². The monoisotopic (exact) mass is 396 g/mol. The zero-order chi connectivity index (χ0) is 20.1. The van der Waals surface area contributed by atoms with Crippen molar-refractivity contribution in [3.8, 4) is 5.75 Å². The lowest BCUT2D eigenvalue weighted by Crippen LogP contribution is -2.42. The molecule has 2 aromatic rings. The zero-order valence-electron chi connectivity index (χ0n) is 16.6. The smallest absolute Gasteiger partial charge is 0.260 e. The molecule has 6 heteroatoms. The van der Waals surface area contributed by atoms with Crippen molar-refractivity contribution < 1.29 is 19.4 Å². The van der Waals surface area contributed by atoms with E-state index in [0.717, 1.165) is 30.6 Å². The Morgan fingerprint density at radius 2 is 1.76 bits per heavy atom. The summed E-state index contributed by atoms with van der Waals surface area (Å²) in [5.41, 5.74) is 1.37. The van der Waals surface area contributed by atoms with Gasteiger partial charge in [-0.2, -0.15) is 0 Å². The van der Waals surface area contributed by atoms with Gasteiger partial charge in [-0.05, 0) is 29.7 Å². The fourth-order valence-electron chi connectivity index (χ4n) is 3.99. The third-order valence-electron chi connectivity index (χ3n) is 5.69. The van der Waals surface area contributed by atoms with E-state index in [1.165, 1.54) is 0 Å². The summed E-state index contributed by atoms with van der Waals surface area (Å²) < 4.78 is 10.9. The lowest BCUT2D eigenvalue weighted by atomic mass is 9.93. The molecule has 0 radical (unpaired) electrons. The summed E-state index contributed by atoms with van der Waals surface area (Å²) in [5.74, 6) is 0.687. The Morgan fingerprint density at radius 3 is 2.48 bits per heavy atom. The van der Waals surface area contributed by atoms with Crippen LogP contribution in [-0.4, -0.2) is 66.8 Å². The Labute approximate surface area is 171 Å². The first kappa shape index (κ1) is 19.9. The van der Waals surface area contributed by atoms with E-state index in [2.05, 4.69) is 4.90 Å². The van der Waals surface area contributed by atoms with Crippen molar-refractivity contribution in [3.05, 3.63) is 65.7 Å². The zero-order valence-corrected chi connectivity index (χ0v) is 16.6. The van der Waals surface area contributed by atoms with Gasteiger partial charge < -0.3 is 19.5 Å². The third kappa shape index (κ3) is 4.96. The summed E-state index contributed by atoms with van der Waals surface area (Å²) in [5, 5.41) is 11.0. The molecule has 0 bridgehead atoms. The molecule has 2 fully saturated rings. The van der Waals surface area contributed by atoms with Crippen molar-refractivity contribution in [1.82, 2.24) is 9.80 Å². The number of hydrogen-bond donors (Lipinski definition) is 1. The van der Waals surface area contributed by atoms with Gasteiger partial charge in [-0.25, -0.2) is 0 Å². The van der Waals surface area contributed by atoms with E-state index in [4.69, 9.17) is 9.47 Å². The van der Waals surface area contributed by atoms with E-state index in [1.807, 2.05) is 54.6 Å². The van der Waals surface area contributed by atoms with Crippen molar-refractivity contribution in [2.24, 2.45) is 0 Å². The average Bonchev–Trinajstić information content (AvgIpc) is 3.16. The Hall–Kier alpha value is -2.41. The van der Waals surface area contributed by atoms with Crippen molar-refractivity contribution in [2.45, 2.75) is 18.6 Å². The lowest BCUT2D eigenvalue weighted by Gasteiger charge is -2.26. The van der Waals surface area contributed by atoms with Crippen LogP contribution >= 0.6 is 0 Å². The first-order valence-electron chi connectivity index (χ1n) is 10.2.